The molecule has 4 rings (SSSR count). The molecule has 7 heteroatoms. The van der Waals surface area contributed by atoms with Gasteiger partial charge in [0, 0.05) is 30.9 Å². The smallest absolute Gasteiger partial charge is 0.438 e. The summed E-state index contributed by atoms with van der Waals surface area (Å²) in [6.07, 6.45) is 1.38. The van der Waals surface area contributed by atoms with E-state index in [-0.39, 0.29) is 0 Å². The molecule has 0 radical (unpaired) electrons. The van der Waals surface area contributed by atoms with E-state index in [0.29, 0.717) is 29.9 Å². The zero-order valence-electron chi connectivity index (χ0n) is 15.3. The van der Waals surface area contributed by atoms with Gasteiger partial charge in [0.25, 0.3) is 0 Å². The number of carboxylic acid groups (broad SMARTS) is 1. The Labute approximate surface area is 161 Å². The van der Waals surface area contributed by atoms with E-state index in [1.165, 1.54) is 15.8 Å². The predicted octanol–water partition coefficient (Wildman–Crippen LogP) is 3.12. The average molecular weight is 377 g/mol. The van der Waals surface area contributed by atoms with Crippen LogP contribution in [0.1, 0.15) is 17.2 Å². The van der Waals surface area contributed by atoms with Gasteiger partial charge >= 0.3 is 12.1 Å². The number of para-hydroxylation sites is 2. The van der Waals surface area contributed by atoms with E-state index in [9.17, 15) is 14.7 Å². The topological polar surface area (TPSA) is 84.1 Å². The number of carboxylic acids is 1. The molecule has 2 heterocycles. The summed E-state index contributed by atoms with van der Waals surface area (Å²) in [6, 6.07) is 16.5. The number of carbonyl (C=O) groups is 2. The van der Waals surface area contributed by atoms with E-state index in [0.717, 1.165) is 10.9 Å². The Balaban J connectivity index is 1.81. The minimum absolute atomic E-state index is 0.435. The van der Waals surface area contributed by atoms with E-state index in [1.807, 2.05) is 42.5 Å². The summed E-state index contributed by atoms with van der Waals surface area (Å²) in [5.74, 6) is -2.02. The number of rotatable bonds is 3. The first-order chi connectivity index (χ1) is 13.6. The molecule has 1 aliphatic rings. The maximum Gasteiger partial charge on any atom is 0.438 e. The third kappa shape index (κ3) is 3.00. The molecule has 0 spiro atoms. The van der Waals surface area contributed by atoms with Crippen molar-refractivity contribution in [3.63, 3.8) is 0 Å². The molecule has 142 valence electrons. The zero-order valence-corrected chi connectivity index (χ0v) is 15.3. The molecule has 2 aromatic carbocycles. The second-order valence-corrected chi connectivity index (χ2v) is 6.55. The SMILES string of the molecule is CN(C(=O)On1c2c(c3ccccc31)CCN=CC2C(=O)O)c1ccccc1. The van der Waals surface area contributed by atoms with Crippen molar-refractivity contribution in [2.45, 2.75) is 12.3 Å². The molecule has 1 atom stereocenters. The van der Waals surface area contributed by atoms with Gasteiger partial charge in [-0.25, -0.2) is 4.79 Å². The van der Waals surface area contributed by atoms with Crippen LogP contribution in [0, 0.1) is 0 Å². The number of hydrogen-bond donors (Lipinski definition) is 1. The van der Waals surface area contributed by atoms with Crippen molar-refractivity contribution in [3.05, 3.63) is 65.9 Å². The van der Waals surface area contributed by atoms with Crippen LogP contribution in [0.2, 0.25) is 0 Å². The molecule has 0 aliphatic carbocycles. The summed E-state index contributed by atoms with van der Waals surface area (Å²) in [7, 11) is 1.61. The van der Waals surface area contributed by atoms with Crippen molar-refractivity contribution in [3.8, 4) is 0 Å². The van der Waals surface area contributed by atoms with Gasteiger partial charge in [-0.3, -0.25) is 14.7 Å². The number of aliphatic carboxylic acids is 1. The van der Waals surface area contributed by atoms with Gasteiger partial charge in [0.05, 0.1) is 11.2 Å². The normalized spacial score (nSPS) is 15.7. The molecule has 1 amide bonds. The highest BCUT2D eigenvalue weighted by Crippen LogP contribution is 2.32. The molecule has 1 unspecified atom stereocenters. The van der Waals surface area contributed by atoms with Crippen LogP contribution in [0.15, 0.2) is 59.6 Å². The number of anilines is 1. The first-order valence-corrected chi connectivity index (χ1v) is 8.94. The number of aliphatic imine (C=N–C) groups is 1. The quantitative estimate of drug-likeness (QED) is 0.760. The Morgan fingerprint density at radius 3 is 2.61 bits per heavy atom. The minimum atomic E-state index is -1.04. The molecule has 0 fully saturated rings. The Kier molecular flexibility index (Phi) is 4.57. The Hall–Kier alpha value is -3.61. The molecule has 7 nitrogen and oxygen atoms in total. The molecule has 1 aliphatic heterocycles. The lowest BCUT2D eigenvalue weighted by molar-refractivity contribution is -0.137. The van der Waals surface area contributed by atoms with Crippen LogP contribution >= 0.6 is 0 Å². The summed E-state index contributed by atoms with van der Waals surface area (Å²) in [6.45, 7) is 0.489. The van der Waals surface area contributed by atoms with E-state index >= 15 is 0 Å². The van der Waals surface area contributed by atoms with E-state index < -0.39 is 18.0 Å². The van der Waals surface area contributed by atoms with Crippen LogP contribution in [0.25, 0.3) is 10.9 Å². The van der Waals surface area contributed by atoms with Crippen molar-refractivity contribution in [1.29, 1.82) is 0 Å². The lowest BCUT2D eigenvalue weighted by Crippen LogP contribution is -2.35. The average Bonchev–Trinajstić information content (AvgIpc) is 2.87. The zero-order chi connectivity index (χ0) is 19.7. The minimum Gasteiger partial charge on any atom is -0.480 e. The fraction of sp³-hybridized carbons (Fsp3) is 0.190. The first-order valence-electron chi connectivity index (χ1n) is 8.94. The fourth-order valence-corrected chi connectivity index (χ4v) is 3.48. The number of aromatic nitrogens is 1. The van der Waals surface area contributed by atoms with E-state index in [1.54, 1.807) is 19.2 Å². The summed E-state index contributed by atoms with van der Waals surface area (Å²) in [5.41, 5.74) is 2.61. The Bertz CT molecular complexity index is 1070. The van der Waals surface area contributed by atoms with Crippen molar-refractivity contribution in [2.24, 2.45) is 4.99 Å². The van der Waals surface area contributed by atoms with Gasteiger partial charge in [0.15, 0.2) is 0 Å². The summed E-state index contributed by atoms with van der Waals surface area (Å²) >= 11 is 0. The molecule has 1 N–H and O–H groups in total. The van der Waals surface area contributed by atoms with Crippen LogP contribution in [-0.2, 0) is 11.2 Å². The maximum absolute atomic E-state index is 12.8. The van der Waals surface area contributed by atoms with Gasteiger partial charge in [-0.15, -0.1) is 0 Å². The van der Waals surface area contributed by atoms with Crippen molar-refractivity contribution in [1.82, 2.24) is 4.73 Å². The van der Waals surface area contributed by atoms with Crippen LogP contribution in [0.5, 0.6) is 0 Å². The van der Waals surface area contributed by atoms with Crippen molar-refractivity contribution < 1.29 is 19.5 Å². The largest absolute Gasteiger partial charge is 0.480 e. The van der Waals surface area contributed by atoms with Crippen LogP contribution in [0.3, 0.4) is 0 Å². The van der Waals surface area contributed by atoms with Crippen molar-refractivity contribution >= 4 is 34.9 Å². The number of carbonyl (C=O) groups excluding carboxylic acids is 1. The number of nitrogens with zero attached hydrogens (tertiary/aromatic N) is 3. The lowest BCUT2D eigenvalue weighted by Gasteiger charge is -2.19. The number of fused-ring (bicyclic) bond motifs is 3. The molecular formula is C21H19N3O4. The number of amides is 1. The Morgan fingerprint density at radius 1 is 1.14 bits per heavy atom. The number of benzene rings is 2. The van der Waals surface area contributed by atoms with Crippen LogP contribution < -0.4 is 9.74 Å². The highest BCUT2D eigenvalue weighted by atomic mass is 16.7. The fourth-order valence-electron chi connectivity index (χ4n) is 3.48. The summed E-state index contributed by atoms with van der Waals surface area (Å²) in [4.78, 5) is 36.0. The third-order valence-electron chi connectivity index (χ3n) is 4.87. The summed E-state index contributed by atoms with van der Waals surface area (Å²) < 4.78 is 1.35. The highest BCUT2D eigenvalue weighted by Gasteiger charge is 2.31. The van der Waals surface area contributed by atoms with Gasteiger partial charge in [-0.05, 0) is 30.2 Å². The van der Waals surface area contributed by atoms with Gasteiger partial charge in [-0.1, -0.05) is 36.4 Å². The van der Waals surface area contributed by atoms with E-state index in [4.69, 9.17) is 4.84 Å². The highest BCUT2D eigenvalue weighted by molar-refractivity contribution is 5.99. The van der Waals surface area contributed by atoms with Gasteiger partial charge in [0.1, 0.15) is 5.92 Å². The first kappa shape index (κ1) is 17.8. The molecule has 3 aromatic rings. The predicted molar refractivity (Wildman–Crippen MR) is 106 cm³/mol. The third-order valence-corrected chi connectivity index (χ3v) is 4.87. The molecule has 1 aromatic heterocycles. The molecular weight excluding hydrogens is 358 g/mol. The van der Waals surface area contributed by atoms with Gasteiger partial charge < -0.3 is 9.94 Å². The van der Waals surface area contributed by atoms with Crippen LogP contribution in [0.4, 0.5) is 10.5 Å². The van der Waals surface area contributed by atoms with Crippen LogP contribution in [-0.4, -0.2) is 41.7 Å². The molecule has 0 saturated heterocycles. The van der Waals surface area contributed by atoms with Gasteiger partial charge in [-0.2, -0.15) is 4.73 Å². The Morgan fingerprint density at radius 2 is 1.86 bits per heavy atom. The molecule has 0 bridgehead atoms. The standard InChI is InChI=1S/C21H19N3O4/c1-23(14-7-3-2-4-8-14)21(27)28-24-18-10-6-5-9-15(18)16-11-12-22-13-17(19(16)24)20(25)26/h2-10,13,17H,11-12H2,1H3,(H,25,26). The van der Waals surface area contributed by atoms with Crippen molar-refractivity contribution in [2.75, 3.05) is 18.5 Å². The maximum atomic E-state index is 12.8. The second-order valence-electron chi connectivity index (χ2n) is 6.55. The second kappa shape index (κ2) is 7.19. The lowest BCUT2D eigenvalue weighted by atomic mass is 10.0. The van der Waals surface area contributed by atoms with E-state index in [2.05, 4.69) is 4.99 Å². The number of hydrogen-bond acceptors (Lipinski definition) is 4. The monoisotopic (exact) mass is 377 g/mol. The molecule has 0 saturated carbocycles. The summed E-state index contributed by atoms with van der Waals surface area (Å²) in [5, 5.41) is 10.6. The van der Waals surface area contributed by atoms with Gasteiger partial charge in [0.2, 0.25) is 0 Å². The molecule has 28 heavy (non-hydrogen) atoms.